The fourth-order valence-corrected chi connectivity index (χ4v) is 10.7. The van der Waals surface area contributed by atoms with Gasteiger partial charge in [-0.3, -0.25) is 14.4 Å². The van der Waals surface area contributed by atoms with Crippen molar-refractivity contribution in [1.82, 2.24) is 0 Å². The van der Waals surface area contributed by atoms with Crippen LogP contribution in [0.4, 0.5) is 0 Å². The molecule has 9 heteroatoms. The average molecular weight is 587 g/mol. The lowest BCUT2D eigenvalue weighted by Gasteiger charge is -2.60. The molecule has 0 radical (unpaired) electrons. The Hall–Kier alpha value is -2.26. The van der Waals surface area contributed by atoms with Gasteiger partial charge in [-0.15, -0.1) is 0 Å². The molecule has 6 aliphatic rings. The van der Waals surface area contributed by atoms with Gasteiger partial charge in [-0.25, -0.2) is 4.79 Å². The Morgan fingerprint density at radius 3 is 2.43 bits per heavy atom. The molecule has 12 atom stereocenters. The summed E-state index contributed by atoms with van der Waals surface area (Å²) in [6.45, 7) is 11.3. The molecule has 0 N–H and O–H groups in total. The smallest absolute Gasteiger partial charge is 0.333 e. The number of epoxide rings is 1. The second kappa shape index (κ2) is 10.1. The molecular weight excluding hydrogens is 540 g/mol. The standard InChI is InChI=1S/C33H46O9/c1-16-12-25(41-30(37)17(16)2)18(3)22-8-9-24-21-13-28-33(42-28)29(40-20(5)35)26(38-7)14-27(36)31(33,6)23(21)10-11-32(22,24)15-39-19(4)34/h18,21-26,28-29H,8-15H2,1-7H3/t18-,21+,22+,23-,24-,25+,26?,28+,29-,31-,32-,33-/m0/s1. The molecule has 0 bridgehead atoms. The van der Waals surface area contributed by atoms with Crippen LogP contribution >= 0.6 is 0 Å². The first-order valence-corrected chi connectivity index (χ1v) is 15.7. The second-order valence-corrected chi connectivity index (χ2v) is 14.3. The number of hydrogen-bond donors (Lipinski definition) is 0. The normalized spacial score (nSPS) is 46.5. The lowest BCUT2D eigenvalue weighted by molar-refractivity contribution is -0.200. The third-order valence-electron chi connectivity index (χ3n) is 12.8. The van der Waals surface area contributed by atoms with E-state index in [9.17, 15) is 19.2 Å². The first kappa shape index (κ1) is 29.8. The number of Topliss-reactive ketones (excluding diaryl/α,β-unsaturated/α-hetero) is 1. The van der Waals surface area contributed by atoms with E-state index in [0.717, 1.165) is 44.1 Å². The number of cyclic esters (lactones) is 1. The van der Waals surface area contributed by atoms with Crippen LogP contribution in [0.5, 0.6) is 0 Å². The van der Waals surface area contributed by atoms with Crippen molar-refractivity contribution in [3.8, 4) is 0 Å². The van der Waals surface area contributed by atoms with Gasteiger partial charge in [0.15, 0.2) is 6.10 Å². The molecule has 0 amide bonds. The van der Waals surface area contributed by atoms with Crippen molar-refractivity contribution in [2.45, 2.75) is 117 Å². The first-order chi connectivity index (χ1) is 19.8. The molecule has 0 aromatic rings. The molecule has 4 aliphatic carbocycles. The minimum absolute atomic E-state index is 0.0597. The first-order valence-electron chi connectivity index (χ1n) is 15.7. The molecule has 1 unspecified atom stereocenters. The highest BCUT2D eigenvalue weighted by Gasteiger charge is 2.83. The summed E-state index contributed by atoms with van der Waals surface area (Å²) in [6, 6.07) is 0. The quantitative estimate of drug-likeness (QED) is 0.254. The van der Waals surface area contributed by atoms with Crippen LogP contribution in [0.2, 0.25) is 0 Å². The fraction of sp³-hybridized carbons (Fsp3) is 0.818. The van der Waals surface area contributed by atoms with E-state index in [-0.39, 0.29) is 71.4 Å². The summed E-state index contributed by atoms with van der Waals surface area (Å²) in [5, 5.41) is 0. The summed E-state index contributed by atoms with van der Waals surface area (Å²) in [6.07, 6.45) is 3.63. The molecule has 0 aromatic heterocycles. The zero-order valence-corrected chi connectivity index (χ0v) is 26.0. The van der Waals surface area contributed by atoms with E-state index in [2.05, 4.69) is 6.92 Å². The van der Waals surface area contributed by atoms with Gasteiger partial charge in [0.05, 0.1) is 18.1 Å². The van der Waals surface area contributed by atoms with Gasteiger partial charge in [-0.1, -0.05) is 12.5 Å². The number of ether oxygens (including phenoxy) is 5. The van der Waals surface area contributed by atoms with E-state index < -0.39 is 29.2 Å². The van der Waals surface area contributed by atoms with Crippen LogP contribution in [0.3, 0.4) is 0 Å². The third-order valence-corrected chi connectivity index (χ3v) is 12.8. The van der Waals surface area contributed by atoms with Crippen LogP contribution in [0.15, 0.2) is 11.1 Å². The third kappa shape index (κ3) is 4.01. The molecular formula is C33H46O9. The Balaban J connectivity index is 1.34. The number of rotatable bonds is 6. The molecule has 2 heterocycles. The van der Waals surface area contributed by atoms with Crippen molar-refractivity contribution in [2.75, 3.05) is 13.7 Å². The van der Waals surface area contributed by atoms with E-state index in [1.54, 1.807) is 7.11 Å². The van der Waals surface area contributed by atoms with Crippen LogP contribution in [0.25, 0.3) is 0 Å². The predicted octanol–water partition coefficient (Wildman–Crippen LogP) is 4.34. The molecule has 5 fully saturated rings. The van der Waals surface area contributed by atoms with Crippen LogP contribution in [-0.2, 0) is 42.9 Å². The monoisotopic (exact) mass is 586 g/mol. The molecule has 2 aliphatic heterocycles. The molecule has 0 aromatic carbocycles. The number of carbonyl (C=O) groups excluding carboxylic acids is 4. The number of fused-ring (bicyclic) bond motifs is 4. The van der Waals surface area contributed by atoms with E-state index in [4.69, 9.17) is 23.7 Å². The highest BCUT2D eigenvalue weighted by Crippen LogP contribution is 2.74. The topological polar surface area (TPSA) is 118 Å². The van der Waals surface area contributed by atoms with E-state index in [1.807, 2.05) is 20.8 Å². The zero-order valence-electron chi connectivity index (χ0n) is 26.0. The predicted molar refractivity (Wildman–Crippen MR) is 150 cm³/mol. The van der Waals surface area contributed by atoms with Gasteiger partial charge < -0.3 is 23.7 Å². The Morgan fingerprint density at radius 1 is 1.05 bits per heavy atom. The van der Waals surface area contributed by atoms with Gasteiger partial charge in [0, 0.05) is 44.8 Å². The van der Waals surface area contributed by atoms with Crippen LogP contribution in [-0.4, -0.2) is 67.4 Å². The number of hydrogen-bond acceptors (Lipinski definition) is 9. The summed E-state index contributed by atoms with van der Waals surface area (Å²) in [5.41, 5.74) is -0.164. The SMILES string of the molecule is COC1CC(=O)[C@]2(C)[C@H]3CC[C@]4(COC(C)=O)[C@@H]([C@H](C)[C@H]5CC(C)=C(C)C(=O)O5)CC[C@H]4[C@@H]3C[C@H]3O[C@]32[C@H]1OC(C)=O. The summed E-state index contributed by atoms with van der Waals surface area (Å²) >= 11 is 0. The Morgan fingerprint density at radius 2 is 1.79 bits per heavy atom. The lowest BCUT2D eigenvalue weighted by Crippen LogP contribution is -2.69. The maximum absolute atomic E-state index is 14.1. The Labute approximate surface area is 248 Å². The summed E-state index contributed by atoms with van der Waals surface area (Å²) in [5.74, 6) is -0.00338. The van der Waals surface area contributed by atoms with Crippen LogP contribution in [0.1, 0.15) is 86.5 Å². The van der Waals surface area contributed by atoms with Gasteiger partial charge in [0.1, 0.15) is 23.6 Å². The van der Waals surface area contributed by atoms with Crippen molar-refractivity contribution in [1.29, 1.82) is 0 Å². The number of esters is 3. The lowest BCUT2D eigenvalue weighted by atomic mass is 9.43. The molecule has 1 saturated heterocycles. The maximum atomic E-state index is 14.1. The summed E-state index contributed by atoms with van der Waals surface area (Å²) < 4.78 is 29.9. The van der Waals surface area contributed by atoms with Crippen molar-refractivity contribution in [3.63, 3.8) is 0 Å². The fourth-order valence-electron chi connectivity index (χ4n) is 10.7. The van der Waals surface area contributed by atoms with E-state index >= 15 is 0 Å². The van der Waals surface area contributed by atoms with Gasteiger partial charge >= 0.3 is 17.9 Å². The number of methoxy groups -OCH3 is 1. The second-order valence-electron chi connectivity index (χ2n) is 14.3. The molecule has 1 spiro atoms. The number of carbonyl (C=O) groups is 4. The van der Waals surface area contributed by atoms with Gasteiger partial charge in [0.2, 0.25) is 0 Å². The highest BCUT2D eigenvalue weighted by molar-refractivity contribution is 5.90. The Bertz CT molecular complexity index is 1220. The van der Waals surface area contributed by atoms with Crippen LogP contribution in [0, 0.1) is 40.4 Å². The highest BCUT2D eigenvalue weighted by atomic mass is 16.7. The van der Waals surface area contributed by atoms with Gasteiger partial charge in [-0.05, 0) is 82.5 Å². The average Bonchev–Trinajstić information content (AvgIpc) is 3.55. The largest absolute Gasteiger partial charge is 0.465 e. The minimum Gasteiger partial charge on any atom is -0.465 e. The molecule has 4 saturated carbocycles. The molecule has 9 nitrogen and oxygen atoms in total. The van der Waals surface area contributed by atoms with Gasteiger partial charge in [-0.2, -0.15) is 0 Å². The summed E-state index contributed by atoms with van der Waals surface area (Å²) in [4.78, 5) is 51.1. The van der Waals surface area contributed by atoms with Crippen molar-refractivity contribution < 1.29 is 42.9 Å². The molecule has 42 heavy (non-hydrogen) atoms. The van der Waals surface area contributed by atoms with Crippen LogP contribution < -0.4 is 0 Å². The maximum Gasteiger partial charge on any atom is 0.333 e. The van der Waals surface area contributed by atoms with Crippen molar-refractivity contribution >= 4 is 23.7 Å². The van der Waals surface area contributed by atoms with E-state index in [0.29, 0.717) is 12.2 Å². The summed E-state index contributed by atoms with van der Waals surface area (Å²) in [7, 11) is 1.56. The minimum atomic E-state index is -0.866. The van der Waals surface area contributed by atoms with Crippen molar-refractivity contribution in [3.05, 3.63) is 11.1 Å². The van der Waals surface area contributed by atoms with E-state index in [1.165, 1.54) is 13.8 Å². The zero-order chi connectivity index (χ0) is 30.4. The number of ketones is 1. The molecule has 232 valence electrons. The van der Waals surface area contributed by atoms with Gasteiger partial charge in [0.25, 0.3) is 0 Å². The van der Waals surface area contributed by atoms with Crippen molar-refractivity contribution in [2.24, 2.45) is 40.4 Å². The molecule has 6 rings (SSSR count). The Kier molecular flexibility index (Phi) is 7.20.